The first-order valence-electron chi connectivity index (χ1n) is 10.8. The third-order valence-corrected chi connectivity index (χ3v) is 5.92. The molecule has 0 spiro atoms. The topological polar surface area (TPSA) is 56.5 Å². The second kappa shape index (κ2) is 9.85. The van der Waals surface area contributed by atoms with Crippen LogP contribution < -0.4 is 10.3 Å². The van der Waals surface area contributed by atoms with Crippen LogP contribution in [0, 0.1) is 0 Å². The molecule has 1 heterocycles. The first-order chi connectivity index (χ1) is 16.7. The average molecular weight is 510 g/mol. The van der Waals surface area contributed by atoms with Crippen LogP contribution in [-0.2, 0) is 6.61 Å². The Morgan fingerprint density at radius 3 is 2.35 bits per heavy atom. The highest BCUT2D eigenvalue weighted by Gasteiger charge is 2.12. The standard InChI is InChI=1S/C28H20BrN3O2/c29-24-17-21(15-16-26(24)34-19-20-9-3-1-4-10-20)18-30-32-27(22-11-5-2-6-12-22)31-25-14-8-7-13-23(25)28(32)33/h1-18H,19H2. The Morgan fingerprint density at radius 2 is 1.59 bits per heavy atom. The largest absolute Gasteiger partial charge is 0.488 e. The smallest absolute Gasteiger partial charge is 0.282 e. The molecule has 0 saturated heterocycles. The molecular formula is C28H20BrN3O2. The molecular weight excluding hydrogens is 490 g/mol. The summed E-state index contributed by atoms with van der Waals surface area (Å²) in [6.45, 7) is 0.478. The van der Waals surface area contributed by atoms with Gasteiger partial charge in [0.1, 0.15) is 12.4 Å². The fraction of sp³-hybridized carbons (Fsp3) is 0.0357. The van der Waals surface area contributed by atoms with E-state index in [0.29, 0.717) is 23.3 Å². The van der Waals surface area contributed by atoms with Gasteiger partial charge >= 0.3 is 0 Å². The van der Waals surface area contributed by atoms with Gasteiger partial charge < -0.3 is 4.74 Å². The molecule has 0 aliphatic carbocycles. The molecule has 0 aliphatic rings. The van der Waals surface area contributed by atoms with Crippen molar-refractivity contribution in [1.82, 2.24) is 9.66 Å². The van der Waals surface area contributed by atoms with Gasteiger partial charge in [-0.2, -0.15) is 9.78 Å². The van der Waals surface area contributed by atoms with E-state index in [2.05, 4.69) is 21.0 Å². The van der Waals surface area contributed by atoms with Crippen molar-refractivity contribution in [1.29, 1.82) is 0 Å². The predicted octanol–water partition coefficient (Wildman–Crippen LogP) is 6.29. The van der Waals surface area contributed by atoms with E-state index < -0.39 is 0 Å². The van der Waals surface area contributed by atoms with Gasteiger partial charge in [0.05, 0.1) is 21.6 Å². The molecule has 0 amide bonds. The van der Waals surface area contributed by atoms with Gasteiger partial charge in [-0.25, -0.2) is 4.98 Å². The number of benzene rings is 4. The number of rotatable bonds is 6. The Labute approximate surface area is 205 Å². The summed E-state index contributed by atoms with van der Waals surface area (Å²) < 4.78 is 8.09. The second-order valence-electron chi connectivity index (χ2n) is 7.64. The number of para-hydroxylation sites is 1. The van der Waals surface area contributed by atoms with E-state index in [4.69, 9.17) is 9.72 Å². The van der Waals surface area contributed by atoms with E-state index in [1.54, 1.807) is 12.3 Å². The van der Waals surface area contributed by atoms with E-state index >= 15 is 0 Å². The maximum atomic E-state index is 13.3. The molecule has 0 N–H and O–H groups in total. The molecule has 4 aromatic carbocycles. The third-order valence-electron chi connectivity index (χ3n) is 5.30. The summed E-state index contributed by atoms with van der Waals surface area (Å²) in [5.41, 5.74) is 3.14. The summed E-state index contributed by atoms with van der Waals surface area (Å²) in [6.07, 6.45) is 1.65. The second-order valence-corrected chi connectivity index (χ2v) is 8.50. The summed E-state index contributed by atoms with van der Waals surface area (Å²) >= 11 is 3.58. The van der Waals surface area contributed by atoms with Crippen molar-refractivity contribution in [2.24, 2.45) is 5.10 Å². The minimum absolute atomic E-state index is 0.220. The van der Waals surface area contributed by atoms with E-state index in [0.717, 1.165) is 26.9 Å². The zero-order valence-corrected chi connectivity index (χ0v) is 19.7. The SMILES string of the molecule is O=c1c2ccccc2nc(-c2ccccc2)n1N=Cc1ccc(OCc2ccccc2)c(Br)c1. The molecule has 0 atom stereocenters. The minimum Gasteiger partial charge on any atom is -0.488 e. The first-order valence-corrected chi connectivity index (χ1v) is 11.6. The normalized spacial score (nSPS) is 11.2. The maximum absolute atomic E-state index is 13.3. The molecule has 34 heavy (non-hydrogen) atoms. The Kier molecular flexibility index (Phi) is 6.31. The van der Waals surface area contributed by atoms with Crippen LogP contribution in [0.1, 0.15) is 11.1 Å². The highest BCUT2D eigenvalue weighted by molar-refractivity contribution is 9.10. The van der Waals surface area contributed by atoms with Crippen LogP contribution in [0.25, 0.3) is 22.3 Å². The molecule has 6 heteroatoms. The zero-order valence-electron chi connectivity index (χ0n) is 18.1. The van der Waals surface area contributed by atoms with Crippen LogP contribution in [-0.4, -0.2) is 15.9 Å². The summed E-state index contributed by atoms with van der Waals surface area (Å²) in [7, 11) is 0. The van der Waals surface area contributed by atoms with Crippen molar-refractivity contribution >= 4 is 33.0 Å². The van der Waals surface area contributed by atoms with Gasteiger partial charge in [0.15, 0.2) is 5.82 Å². The van der Waals surface area contributed by atoms with Crippen LogP contribution in [0.4, 0.5) is 0 Å². The molecule has 0 aliphatic heterocycles. The number of ether oxygens (including phenoxy) is 1. The quantitative estimate of drug-likeness (QED) is 0.253. The molecule has 0 saturated carbocycles. The molecule has 5 nitrogen and oxygen atoms in total. The van der Waals surface area contributed by atoms with Gasteiger partial charge in [0.2, 0.25) is 0 Å². The van der Waals surface area contributed by atoms with Crippen LogP contribution in [0.15, 0.2) is 117 Å². The van der Waals surface area contributed by atoms with Gasteiger partial charge in [0, 0.05) is 5.56 Å². The van der Waals surface area contributed by atoms with Gasteiger partial charge in [0.25, 0.3) is 5.56 Å². The lowest BCUT2D eigenvalue weighted by Crippen LogP contribution is -2.20. The van der Waals surface area contributed by atoms with Crippen LogP contribution in [0.5, 0.6) is 5.75 Å². The molecule has 0 bridgehead atoms. The van der Waals surface area contributed by atoms with Crippen molar-refractivity contribution in [2.75, 3.05) is 0 Å². The molecule has 0 radical (unpaired) electrons. The Bertz CT molecular complexity index is 1530. The Morgan fingerprint density at radius 1 is 0.882 bits per heavy atom. The average Bonchev–Trinajstić information content (AvgIpc) is 2.88. The predicted molar refractivity (Wildman–Crippen MR) is 139 cm³/mol. The van der Waals surface area contributed by atoms with Gasteiger partial charge in [-0.05, 0) is 57.4 Å². The lowest BCUT2D eigenvalue weighted by atomic mass is 10.2. The molecule has 5 rings (SSSR count). The number of halogens is 1. The molecule has 1 aromatic heterocycles. The summed E-state index contributed by atoms with van der Waals surface area (Å²) in [5.74, 6) is 1.22. The number of fused-ring (bicyclic) bond motifs is 1. The van der Waals surface area contributed by atoms with Crippen LogP contribution >= 0.6 is 15.9 Å². The number of aromatic nitrogens is 2. The fourth-order valence-corrected chi connectivity index (χ4v) is 4.09. The van der Waals surface area contributed by atoms with Crippen molar-refractivity contribution in [3.63, 3.8) is 0 Å². The van der Waals surface area contributed by atoms with Crippen molar-refractivity contribution in [3.05, 3.63) is 129 Å². The minimum atomic E-state index is -0.220. The van der Waals surface area contributed by atoms with E-state index in [1.807, 2.05) is 97.1 Å². The maximum Gasteiger partial charge on any atom is 0.282 e. The number of hydrogen-bond donors (Lipinski definition) is 0. The zero-order chi connectivity index (χ0) is 23.3. The number of nitrogens with zero attached hydrogens (tertiary/aromatic N) is 3. The first kappa shape index (κ1) is 21.8. The Hall–Kier alpha value is -4.03. The summed E-state index contributed by atoms with van der Waals surface area (Å²) in [5, 5.41) is 5.04. The van der Waals surface area contributed by atoms with Gasteiger partial charge in [-0.1, -0.05) is 72.8 Å². The van der Waals surface area contributed by atoms with E-state index in [9.17, 15) is 4.79 Å². The van der Waals surface area contributed by atoms with Gasteiger partial charge in [-0.15, -0.1) is 0 Å². The van der Waals surface area contributed by atoms with Crippen molar-refractivity contribution in [3.8, 4) is 17.1 Å². The monoisotopic (exact) mass is 509 g/mol. The molecule has 166 valence electrons. The van der Waals surface area contributed by atoms with Gasteiger partial charge in [-0.3, -0.25) is 4.79 Å². The van der Waals surface area contributed by atoms with E-state index in [1.165, 1.54) is 4.68 Å². The Balaban J connectivity index is 1.47. The highest BCUT2D eigenvalue weighted by atomic mass is 79.9. The molecule has 0 fully saturated rings. The van der Waals surface area contributed by atoms with Crippen LogP contribution in [0.3, 0.4) is 0 Å². The summed E-state index contributed by atoms with van der Waals surface area (Å²) in [6, 6.07) is 32.6. The van der Waals surface area contributed by atoms with E-state index in [-0.39, 0.29) is 5.56 Å². The lowest BCUT2D eigenvalue weighted by molar-refractivity contribution is 0.304. The van der Waals surface area contributed by atoms with Crippen molar-refractivity contribution < 1.29 is 4.74 Å². The number of hydrogen-bond acceptors (Lipinski definition) is 4. The third kappa shape index (κ3) is 4.67. The molecule has 5 aromatic rings. The lowest BCUT2D eigenvalue weighted by Gasteiger charge is -2.10. The molecule has 0 unspecified atom stereocenters. The van der Waals surface area contributed by atoms with Crippen LogP contribution in [0.2, 0.25) is 0 Å². The highest BCUT2D eigenvalue weighted by Crippen LogP contribution is 2.26. The fourth-order valence-electron chi connectivity index (χ4n) is 3.58. The summed E-state index contributed by atoms with van der Waals surface area (Å²) in [4.78, 5) is 18.0. The van der Waals surface area contributed by atoms with Crippen molar-refractivity contribution in [2.45, 2.75) is 6.61 Å².